The number of methoxy groups -OCH3 is 3. The van der Waals surface area contributed by atoms with E-state index in [0.717, 1.165) is 36.3 Å². The van der Waals surface area contributed by atoms with Gasteiger partial charge in [-0.2, -0.15) is 0 Å². The first-order valence-electron chi connectivity index (χ1n) is 6.55. The minimum Gasteiger partial charge on any atom is -0.497 e. The van der Waals surface area contributed by atoms with Gasteiger partial charge in [0.25, 0.3) is 0 Å². The van der Waals surface area contributed by atoms with E-state index < -0.39 is 0 Å². The zero-order valence-electron chi connectivity index (χ0n) is 11.7. The van der Waals surface area contributed by atoms with Crippen LogP contribution in [0.15, 0.2) is 18.2 Å². The number of rotatable bonds is 6. The van der Waals surface area contributed by atoms with E-state index in [0.29, 0.717) is 0 Å². The highest BCUT2D eigenvalue weighted by Crippen LogP contribution is 2.45. The molecule has 0 saturated heterocycles. The Bertz CT molecular complexity index is 424. The van der Waals surface area contributed by atoms with Gasteiger partial charge in [0.1, 0.15) is 11.5 Å². The van der Waals surface area contributed by atoms with Crippen LogP contribution >= 0.6 is 11.6 Å². The molecule has 19 heavy (non-hydrogen) atoms. The van der Waals surface area contributed by atoms with E-state index in [4.69, 9.17) is 25.8 Å². The van der Waals surface area contributed by atoms with Gasteiger partial charge in [0.05, 0.1) is 25.2 Å². The van der Waals surface area contributed by atoms with Crippen molar-refractivity contribution < 1.29 is 14.2 Å². The Balaban J connectivity index is 2.16. The lowest BCUT2D eigenvalue weighted by Gasteiger charge is -2.42. The molecular weight excluding hydrogens is 264 g/mol. The lowest BCUT2D eigenvalue weighted by Crippen LogP contribution is -2.39. The van der Waals surface area contributed by atoms with Crippen LogP contribution in [0, 0.1) is 0 Å². The predicted molar refractivity (Wildman–Crippen MR) is 76.3 cm³/mol. The molecule has 4 heteroatoms. The molecule has 1 unspecified atom stereocenters. The molecule has 3 nitrogen and oxygen atoms in total. The fourth-order valence-corrected chi connectivity index (χ4v) is 3.04. The van der Waals surface area contributed by atoms with Crippen molar-refractivity contribution in [3.63, 3.8) is 0 Å². The molecule has 1 aromatic carbocycles. The van der Waals surface area contributed by atoms with Crippen LogP contribution in [0.4, 0.5) is 0 Å². The van der Waals surface area contributed by atoms with Crippen molar-refractivity contribution >= 4 is 11.6 Å². The molecule has 0 radical (unpaired) electrons. The Kier molecular flexibility index (Phi) is 4.58. The second-order valence-corrected chi connectivity index (χ2v) is 5.55. The molecule has 0 N–H and O–H groups in total. The van der Waals surface area contributed by atoms with Crippen LogP contribution in [0.25, 0.3) is 0 Å². The first-order chi connectivity index (χ1) is 9.14. The van der Waals surface area contributed by atoms with E-state index in [1.807, 2.05) is 18.2 Å². The van der Waals surface area contributed by atoms with Gasteiger partial charge in [-0.05, 0) is 31.7 Å². The quantitative estimate of drug-likeness (QED) is 0.741. The third-order valence-corrected chi connectivity index (χ3v) is 4.42. The zero-order chi connectivity index (χ0) is 13.9. The van der Waals surface area contributed by atoms with Crippen molar-refractivity contribution in [3.05, 3.63) is 23.8 Å². The first-order valence-corrected chi connectivity index (χ1v) is 6.99. The molecule has 1 aromatic rings. The molecule has 0 spiro atoms. The summed E-state index contributed by atoms with van der Waals surface area (Å²) in [7, 11) is 5.06. The fourth-order valence-electron chi connectivity index (χ4n) is 2.58. The van der Waals surface area contributed by atoms with Gasteiger partial charge in [-0.3, -0.25) is 0 Å². The van der Waals surface area contributed by atoms with Gasteiger partial charge in [-0.15, -0.1) is 11.6 Å². The summed E-state index contributed by atoms with van der Waals surface area (Å²) in [5.41, 5.74) is 0.949. The number of alkyl halides is 1. The highest BCUT2D eigenvalue weighted by atomic mass is 35.5. The molecule has 0 aliphatic heterocycles. The maximum Gasteiger partial charge on any atom is 0.127 e. The van der Waals surface area contributed by atoms with Crippen LogP contribution in [0.3, 0.4) is 0 Å². The van der Waals surface area contributed by atoms with Gasteiger partial charge >= 0.3 is 0 Å². The molecule has 0 aromatic heterocycles. The van der Waals surface area contributed by atoms with Crippen LogP contribution in [0.1, 0.15) is 36.6 Å². The Labute approximate surface area is 119 Å². The third-order valence-electron chi connectivity index (χ3n) is 4.03. The molecule has 1 aliphatic carbocycles. The smallest absolute Gasteiger partial charge is 0.127 e. The number of benzene rings is 1. The van der Waals surface area contributed by atoms with Crippen LogP contribution < -0.4 is 9.47 Å². The summed E-state index contributed by atoms with van der Waals surface area (Å²) in [5.74, 6) is 1.54. The summed E-state index contributed by atoms with van der Waals surface area (Å²) < 4.78 is 16.2. The standard InChI is InChI=1S/C15H21ClO3/c1-17-11-5-6-12(14(9-11)18-2)13(16)10-15(19-3)7-4-8-15/h5-6,9,13H,4,7-8,10H2,1-3H3. The lowest BCUT2D eigenvalue weighted by molar-refractivity contribution is -0.0780. The fraction of sp³-hybridized carbons (Fsp3) is 0.600. The third kappa shape index (κ3) is 2.98. The molecule has 0 amide bonds. The van der Waals surface area contributed by atoms with Gasteiger partial charge in [-0.1, -0.05) is 6.07 Å². The molecule has 1 atom stereocenters. The van der Waals surface area contributed by atoms with Crippen molar-refractivity contribution in [2.45, 2.75) is 36.7 Å². The summed E-state index contributed by atoms with van der Waals surface area (Å²) in [6.45, 7) is 0. The molecule has 2 rings (SSSR count). The Morgan fingerprint density at radius 1 is 1.21 bits per heavy atom. The first kappa shape index (κ1) is 14.5. The number of ether oxygens (including phenoxy) is 3. The summed E-state index contributed by atoms with van der Waals surface area (Å²) in [6, 6.07) is 5.75. The van der Waals surface area contributed by atoms with E-state index in [-0.39, 0.29) is 11.0 Å². The van der Waals surface area contributed by atoms with Crippen molar-refractivity contribution in [2.24, 2.45) is 0 Å². The summed E-state index contributed by atoms with van der Waals surface area (Å²) in [6.07, 6.45) is 4.21. The molecule has 1 saturated carbocycles. The molecular formula is C15H21ClO3. The zero-order valence-corrected chi connectivity index (χ0v) is 12.5. The van der Waals surface area contributed by atoms with Gasteiger partial charge < -0.3 is 14.2 Å². The Morgan fingerprint density at radius 3 is 2.42 bits per heavy atom. The summed E-state index contributed by atoms with van der Waals surface area (Å²) in [4.78, 5) is 0. The largest absolute Gasteiger partial charge is 0.497 e. The SMILES string of the molecule is COc1ccc(C(Cl)CC2(OC)CCC2)c(OC)c1. The van der Waals surface area contributed by atoms with Gasteiger partial charge in [0.2, 0.25) is 0 Å². The van der Waals surface area contributed by atoms with Crippen molar-refractivity contribution in [3.8, 4) is 11.5 Å². The number of hydrogen-bond donors (Lipinski definition) is 0. The molecule has 1 aliphatic rings. The van der Waals surface area contributed by atoms with Crippen molar-refractivity contribution in [2.75, 3.05) is 21.3 Å². The number of hydrogen-bond acceptors (Lipinski definition) is 3. The van der Waals surface area contributed by atoms with Gasteiger partial charge in [0.15, 0.2) is 0 Å². The number of halogens is 1. The lowest BCUT2D eigenvalue weighted by atomic mass is 9.76. The van der Waals surface area contributed by atoms with E-state index in [2.05, 4.69) is 0 Å². The Hall–Kier alpha value is -0.930. The summed E-state index contributed by atoms with van der Waals surface area (Å²) >= 11 is 6.56. The van der Waals surface area contributed by atoms with Crippen molar-refractivity contribution in [1.82, 2.24) is 0 Å². The predicted octanol–water partition coefficient (Wildman–Crippen LogP) is 3.94. The van der Waals surface area contributed by atoms with Crippen LogP contribution in [0.5, 0.6) is 11.5 Å². The minimum absolute atomic E-state index is 0.0443. The maximum atomic E-state index is 6.56. The molecule has 1 fully saturated rings. The highest BCUT2D eigenvalue weighted by molar-refractivity contribution is 6.21. The van der Waals surface area contributed by atoms with E-state index in [1.54, 1.807) is 21.3 Å². The average Bonchev–Trinajstić information content (AvgIpc) is 2.41. The van der Waals surface area contributed by atoms with E-state index in [9.17, 15) is 0 Å². The average molecular weight is 285 g/mol. The maximum absolute atomic E-state index is 6.56. The molecule has 0 bridgehead atoms. The normalized spacial score (nSPS) is 18.5. The van der Waals surface area contributed by atoms with E-state index >= 15 is 0 Å². The van der Waals surface area contributed by atoms with Crippen LogP contribution in [-0.2, 0) is 4.74 Å². The van der Waals surface area contributed by atoms with Crippen LogP contribution in [-0.4, -0.2) is 26.9 Å². The minimum atomic E-state index is -0.110. The second kappa shape index (κ2) is 6.02. The monoisotopic (exact) mass is 284 g/mol. The van der Waals surface area contributed by atoms with Gasteiger partial charge in [0, 0.05) is 18.7 Å². The van der Waals surface area contributed by atoms with E-state index in [1.165, 1.54) is 6.42 Å². The Morgan fingerprint density at radius 2 is 1.95 bits per heavy atom. The molecule has 0 heterocycles. The van der Waals surface area contributed by atoms with Gasteiger partial charge in [-0.25, -0.2) is 0 Å². The molecule has 106 valence electrons. The highest BCUT2D eigenvalue weighted by Gasteiger charge is 2.39. The van der Waals surface area contributed by atoms with Crippen LogP contribution in [0.2, 0.25) is 0 Å². The second-order valence-electron chi connectivity index (χ2n) is 5.02. The van der Waals surface area contributed by atoms with Crippen molar-refractivity contribution in [1.29, 1.82) is 0 Å². The topological polar surface area (TPSA) is 27.7 Å². The summed E-state index contributed by atoms with van der Waals surface area (Å²) in [5, 5.41) is -0.110.